The van der Waals surface area contributed by atoms with Crippen LogP contribution in [0.15, 0.2) is 53.0 Å². The summed E-state index contributed by atoms with van der Waals surface area (Å²) in [6, 6.07) is 15.6. The van der Waals surface area contributed by atoms with Crippen molar-refractivity contribution in [1.82, 2.24) is 0 Å². The van der Waals surface area contributed by atoms with Crippen molar-refractivity contribution in [2.75, 3.05) is 6.61 Å². The molecular weight excluding hydrogens is 330 g/mol. The van der Waals surface area contributed by atoms with E-state index in [4.69, 9.17) is 15.6 Å². The lowest BCUT2D eigenvalue weighted by atomic mass is 10.0. The second kappa shape index (κ2) is 7.59. The summed E-state index contributed by atoms with van der Waals surface area (Å²) in [6.45, 7) is 2.03. The van der Waals surface area contributed by atoms with E-state index in [2.05, 4.69) is 15.9 Å². The number of benzene rings is 2. The molecule has 0 spiro atoms. The van der Waals surface area contributed by atoms with Gasteiger partial charge in [-0.3, -0.25) is 0 Å². The summed E-state index contributed by atoms with van der Waals surface area (Å²) in [5.41, 5.74) is 8.11. The Morgan fingerprint density at radius 2 is 1.95 bits per heavy atom. The van der Waals surface area contributed by atoms with Crippen LogP contribution in [0.2, 0.25) is 0 Å². The summed E-state index contributed by atoms with van der Waals surface area (Å²) in [5.74, 6) is 0.772. The Bertz CT molecular complexity index is 587. The average Bonchev–Trinajstić information content (AvgIpc) is 2.46. The van der Waals surface area contributed by atoms with Gasteiger partial charge >= 0.3 is 0 Å². The van der Waals surface area contributed by atoms with E-state index in [1.807, 2.05) is 55.5 Å². The normalized spacial score (nSPS) is 13.7. The third-order valence-electron chi connectivity index (χ3n) is 3.26. The second-order valence-electron chi connectivity index (χ2n) is 5.03. The lowest BCUT2D eigenvalue weighted by Gasteiger charge is -2.24. The van der Waals surface area contributed by atoms with Gasteiger partial charge in [-0.05, 0) is 42.7 Å². The first kappa shape index (κ1) is 16.0. The van der Waals surface area contributed by atoms with Crippen LogP contribution in [0.3, 0.4) is 0 Å². The number of aliphatic hydroxyl groups excluding tert-OH is 1. The molecule has 0 saturated carbocycles. The minimum atomic E-state index is -0.234. The Morgan fingerprint density at radius 3 is 2.62 bits per heavy atom. The Morgan fingerprint density at radius 1 is 1.19 bits per heavy atom. The van der Waals surface area contributed by atoms with Crippen molar-refractivity contribution < 1.29 is 9.84 Å². The maximum absolute atomic E-state index is 9.15. The van der Waals surface area contributed by atoms with Gasteiger partial charge in [-0.25, -0.2) is 0 Å². The third-order valence-corrected chi connectivity index (χ3v) is 3.76. The second-order valence-corrected chi connectivity index (χ2v) is 5.95. The number of nitrogens with two attached hydrogens (primary N) is 1. The number of hydrogen-bond acceptors (Lipinski definition) is 3. The SMILES string of the molecule is CC(N)C(Oc1ccccc1CCO)c1cccc(Br)c1. The van der Waals surface area contributed by atoms with Gasteiger partial charge in [-0.15, -0.1) is 0 Å². The highest BCUT2D eigenvalue weighted by Gasteiger charge is 2.19. The van der Waals surface area contributed by atoms with Gasteiger partial charge in [0.25, 0.3) is 0 Å². The molecule has 3 nitrogen and oxygen atoms in total. The van der Waals surface area contributed by atoms with Crippen molar-refractivity contribution >= 4 is 15.9 Å². The molecule has 2 aromatic rings. The summed E-state index contributed by atoms with van der Waals surface area (Å²) >= 11 is 3.47. The van der Waals surface area contributed by atoms with Crippen molar-refractivity contribution in [3.8, 4) is 5.75 Å². The molecule has 0 amide bonds. The molecule has 0 aliphatic carbocycles. The molecule has 0 aromatic heterocycles. The number of rotatable bonds is 6. The smallest absolute Gasteiger partial charge is 0.139 e. The van der Waals surface area contributed by atoms with E-state index in [-0.39, 0.29) is 18.8 Å². The van der Waals surface area contributed by atoms with Gasteiger partial charge in [0.1, 0.15) is 11.9 Å². The molecule has 21 heavy (non-hydrogen) atoms. The fourth-order valence-corrected chi connectivity index (χ4v) is 2.66. The predicted octanol–water partition coefficient (Wildman–Crippen LogP) is 3.45. The van der Waals surface area contributed by atoms with E-state index < -0.39 is 0 Å². The molecule has 0 heterocycles. The molecule has 4 heteroatoms. The first-order valence-corrected chi connectivity index (χ1v) is 7.77. The summed E-state index contributed by atoms with van der Waals surface area (Å²) in [5, 5.41) is 9.15. The highest BCUT2D eigenvalue weighted by Crippen LogP contribution is 2.28. The zero-order valence-corrected chi connectivity index (χ0v) is 13.6. The topological polar surface area (TPSA) is 55.5 Å². The molecule has 0 bridgehead atoms. The zero-order chi connectivity index (χ0) is 15.2. The van der Waals surface area contributed by atoms with Crippen molar-refractivity contribution in [2.24, 2.45) is 5.73 Å². The highest BCUT2D eigenvalue weighted by molar-refractivity contribution is 9.10. The molecule has 0 radical (unpaired) electrons. The Labute approximate surface area is 133 Å². The third kappa shape index (κ3) is 4.30. The molecule has 0 aliphatic rings. The van der Waals surface area contributed by atoms with Gasteiger partial charge in [0.2, 0.25) is 0 Å². The molecule has 2 aromatic carbocycles. The summed E-state index contributed by atoms with van der Waals surface area (Å²) in [7, 11) is 0. The molecular formula is C17H20BrNO2. The molecule has 2 rings (SSSR count). The van der Waals surface area contributed by atoms with Crippen LogP contribution in [0.25, 0.3) is 0 Å². The first-order valence-electron chi connectivity index (χ1n) is 6.98. The van der Waals surface area contributed by atoms with Crippen LogP contribution in [-0.2, 0) is 6.42 Å². The summed E-state index contributed by atoms with van der Waals surface area (Å²) in [4.78, 5) is 0. The maximum atomic E-state index is 9.15. The number of halogens is 1. The molecule has 112 valence electrons. The predicted molar refractivity (Wildman–Crippen MR) is 88.4 cm³/mol. The fourth-order valence-electron chi connectivity index (χ4n) is 2.25. The average molecular weight is 350 g/mol. The minimum absolute atomic E-state index is 0.0973. The molecule has 2 atom stereocenters. The van der Waals surface area contributed by atoms with E-state index in [1.165, 1.54) is 0 Å². The lowest BCUT2D eigenvalue weighted by molar-refractivity contribution is 0.177. The Balaban J connectivity index is 2.29. The van der Waals surface area contributed by atoms with E-state index in [1.54, 1.807) is 0 Å². The van der Waals surface area contributed by atoms with Crippen molar-refractivity contribution in [1.29, 1.82) is 0 Å². The van der Waals surface area contributed by atoms with Gasteiger partial charge in [0.05, 0.1) is 0 Å². The van der Waals surface area contributed by atoms with E-state index in [9.17, 15) is 0 Å². The van der Waals surface area contributed by atoms with Crippen LogP contribution < -0.4 is 10.5 Å². The standard InChI is InChI=1S/C17H20BrNO2/c1-12(19)17(14-6-4-7-15(18)11-14)21-16-8-3-2-5-13(16)9-10-20/h2-8,11-12,17,20H,9-10,19H2,1H3. The van der Waals surface area contributed by atoms with Gasteiger partial charge in [-0.2, -0.15) is 0 Å². The maximum Gasteiger partial charge on any atom is 0.139 e. The van der Waals surface area contributed by atoms with E-state index in [0.29, 0.717) is 6.42 Å². The van der Waals surface area contributed by atoms with Crippen LogP contribution in [-0.4, -0.2) is 17.8 Å². The molecule has 0 fully saturated rings. The molecule has 0 aliphatic heterocycles. The Kier molecular flexibility index (Phi) is 5.79. The van der Waals surface area contributed by atoms with Gasteiger partial charge < -0.3 is 15.6 Å². The molecule has 2 unspecified atom stereocenters. The largest absolute Gasteiger partial charge is 0.484 e. The summed E-state index contributed by atoms with van der Waals surface area (Å²) in [6.07, 6.45) is 0.336. The van der Waals surface area contributed by atoms with Crippen molar-refractivity contribution in [2.45, 2.75) is 25.5 Å². The molecule has 0 saturated heterocycles. The quantitative estimate of drug-likeness (QED) is 0.839. The van der Waals surface area contributed by atoms with Crippen LogP contribution in [0, 0.1) is 0 Å². The van der Waals surface area contributed by atoms with E-state index >= 15 is 0 Å². The molecule has 3 N–H and O–H groups in total. The monoisotopic (exact) mass is 349 g/mol. The number of aliphatic hydroxyl groups is 1. The van der Waals surface area contributed by atoms with Crippen LogP contribution in [0.1, 0.15) is 24.2 Å². The van der Waals surface area contributed by atoms with Gasteiger partial charge in [0, 0.05) is 17.1 Å². The van der Waals surface area contributed by atoms with Crippen molar-refractivity contribution in [3.63, 3.8) is 0 Å². The number of para-hydroxylation sites is 1. The van der Waals surface area contributed by atoms with E-state index in [0.717, 1.165) is 21.3 Å². The van der Waals surface area contributed by atoms with Crippen LogP contribution >= 0.6 is 15.9 Å². The zero-order valence-electron chi connectivity index (χ0n) is 12.0. The highest BCUT2D eigenvalue weighted by atomic mass is 79.9. The fraction of sp³-hybridized carbons (Fsp3) is 0.294. The minimum Gasteiger partial charge on any atom is -0.484 e. The number of hydrogen-bond donors (Lipinski definition) is 2. The van der Waals surface area contributed by atoms with Crippen LogP contribution in [0.4, 0.5) is 0 Å². The summed E-state index contributed by atoms with van der Waals surface area (Å²) < 4.78 is 7.14. The first-order chi connectivity index (χ1) is 10.1. The lowest BCUT2D eigenvalue weighted by Crippen LogP contribution is -2.29. The Hall–Kier alpha value is -1.36. The van der Waals surface area contributed by atoms with Crippen LogP contribution in [0.5, 0.6) is 5.75 Å². The number of ether oxygens (including phenoxy) is 1. The van der Waals surface area contributed by atoms with Gasteiger partial charge in [-0.1, -0.05) is 46.3 Å². The van der Waals surface area contributed by atoms with Gasteiger partial charge in [0.15, 0.2) is 0 Å². The van der Waals surface area contributed by atoms with Crippen molar-refractivity contribution in [3.05, 3.63) is 64.1 Å².